The minimum absolute atomic E-state index is 0.111. The van der Waals surface area contributed by atoms with Gasteiger partial charge in [-0.25, -0.2) is 4.98 Å². The molecule has 2 N–H and O–H groups in total. The molecule has 1 atom stereocenters. The zero-order valence-electron chi connectivity index (χ0n) is 12.0. The number of hydrogen-bond donors (Lipinski definition) is 2. The highest BCUT2D eigenvalue weighted by atomic mass is 15.1. The van der Waals surface area contributed by atoms with Crippen molar-refractivity contribution in [2.75, 3.05) is 6.54 Å². The molecule has 0 saturated heterocycles. The van der Waals surface area contributed by atoms with Gasteiger partial charge in [0.05, 0.1) is 12.2 Å². The van der Waals surface area contributed by atoms with E-state index in [0.717, 1.165) is 37.4 Å². The number of H-pyrrole nitrogens is 1. The maximum absolute atomic E-state index is 4.54. The molecule has 0 aromatic carbocycles. The van der Waals surface area contributed by atoms with Crippen molar-refractivity contribution in [2.24, 2.45) is 0 Å². The fraction of sp³-hybridized carbons (Fsp3) is 0.571. The molecule has 5 nitrogen and oxygen atoms in total. The SMILES string of the molecule is CCCNC(c1cn[nH]c1C)c1nccn1CCC. The second kappa shape index (κ2) is 6.52. The van der Waals surface area contributed by atoms with Gasteiger partial charge in [0.1, 0.15) is 5.82 Å². The zero-order valence-corrected chi connectivity index (χ0v) is 12.0. The van der Waals surface area contributed by atoms with Crippen molar-refractivity contribution in [3.05, 3.63) is 35.7 Å². The molecule has 0 aliphatic heterocycles. The fourth-order valence-electron chi connectivity index (χ4n) is 2.29. The Labute approximate surface area is 114 Å². The van der Waals surface area contributed by atoms with Crippen LogP contribution in [0.5, 0.6) is 0 Å². The molecule has 1 unspecified atom stereocenters. The van der Waals surface area contributed by atoms with E-state index in [4.69, 9.17) is 0 Å². The first-order valence-electron chi connectivity index (χ1n) is 7.02. The topological polar surface area (TPSA) is 58.5 Å². The highest BCUT2D eigenvalue weighted by Crippen LogP contribution is 2.22. The van der Waals surface area contributed by atoms with Crippen molar-refractivity contribution in [3.8, 4) is 0 Å². The van der Waals surface area contributed by atoms with Gasteiger partial charge in [-0.05, 0) is 26.3 Å². The molecule has 0 aliphatic rings. The third-order valence-electron chi connectivity index (χ3n) is 3.25. The normalized spacial score (nSPS) is 12.8. The van der Waals surface area contributed by atoms with Crippen molar-refractivity contribution in [3.63, 3.8) is 0 Å². The first-order valence-corrected chi connectivity index (χ1v) is 7.02. The summed E-state index contributed by atoms with van der Waals surface area (Å²) < 4.78 is 2.22. The van der Waals surface area contributed by atoms with E-state index in [1.165, 1.54) is 5.56 Å². The Morgan fingerprint density at radius 3 is 2.84 bits per heavy atom. The summed E-state index contributed by atoms with van der Waals surface area (Å²) in [4.78, 5) is 4.54. The molecule has 104 valence electrons. The summed E-state index contributed by atoms with van der Waals surface area (Å²) in [7, 11) is 0. The van der Waals surface area contributed by atoms with Gasteiger partial charge in [-0.2, -0.15) is 5.10 Å². The summed E-state index contributed by atoms with van der Waals surface area (Å²) in [6, 6.07) is 0.111. The number of aromatic amines is 1. The first-order chi connectivity index (χ1) is 9.27. The van der Waals surface area contributed by atoms with Crippen LogP contribution in [0.15, 0.2) is 18.6 Å². The highest BCUT2D eigenvalue weighted by Gasteiger charge is 2.21. The predicted molar refractivity (Wildman–Crippen MR) is 76.0 cm³/mol. The van der Waals surface area contributed by atoms with Crippen molar-refractivity contribution in [1.29, 1.82) is 0 Å². The van der Waals surface area contributed by atoms with Crippen molar-refractivity contribution >= 4 is 0 Å². The molecule has 2 aromatic rings. The van der Waals surface area contributed by atoms with E-state index in [0.29, 0.717) is 0 Å². The standard InChI is InChI=1S/C14H23N5/c1-4-6-15-13(12-10-17-18-11(12)3)14-16-7-9-19(14)8-5-2/h7,9-10,13,15H,4-6,8H2,1-3H3,(H,17,18). The van der Waals surface area contributed by atoms with Crippen LogP contribution >= 0.6 is 0 Å². The molecule has 0 bridgehead atoms. The van der Waals surface area contributed by atoms with Gasteiger partial charge in [-0.15, -0.1) is 0 Å². The molecule has 2 aromatic heterocycles. The lowest BCUT2D eigenvalue weighted by atomic mass is 10.1. The van der Waals surface area contributed by atoms with Gasteiger partial charge in [0.2, 0.25) is 0 Å². The van der Waals surface area contributed by atoms with E-state index < -0.39 is 0 Å². The maximum atomic E-state index is 4.54. The van der Waals surface area contributed by atoms with Gasteiger partial charge in [-0.3, -0.25) is 5.10 Å². The number of nitrogens with zero attached hydrogens (tertiary/aromatic N) is 3. The van der Waals surface area contributed by atoms with E-state index in [1.54, 1.807) is 0 Å². The molecule has 2 heterocycles. The summed E-state index contributed by atoms with van der Waals surface area (Å²) in [6.07, 6.45) is 8.03. The number of imidazole rings is 1. The van der Waals surface area contributed by atoms with Crippen LogP contribution < -0.4 is 5.32 Å². The first kappa shape index (κ1) is 13.8. The Kier molecular flexibility index (Phi) is 4.74. The van der Waals surface area contributed by atoms with E-state index in [-0.39, 0.29) is 6.04 Å². The zero-order chi connectivity index (χ0) is 13.7. The predicted octanol–water partition coefficient (Wildman–Crippen LogP) is 2.41. The van der Waals surface area contributed by atoms with Crippen molar-refractivity contribution < 1.29 is 0 Å². The van der Waals surface area contributed by atoms with Crippen molar-refractivity contribution in [1.82, 2.24) is 25.1 Å². The molecule has 0 amide bonds. The Bertz CT molecular complexity index is 499. The van der Waals surface area contributed by atoms with Crippen LogP contribution in [0, 0.1) is 6.92 Å². The molecule has 2 rings (SSSR count). The van der Waals surface area contributed by atoms with Crippen LogP contribution in [0.4, 0.5) is 0 Å². The Balaban J connectivity index is 2.31. The molecule has 5 heteroatoms. The minimum atomic E-state index is 0.111. The number of aryl methyl sites for hydroxylation is 2. The third-order valence-corrected chi connectivity index (χ3v) is 3.25. The highest BCUT2D eigenvalue weighted by molar-refractivity contribution is 5.26. The lowest BCUT2D eigenvalue weighted by Gasteiger charge is -2.19. The largest absolute Gasteiger partial charge is 0.333 e. The van der Waals surface area contributed by atoms with Crippen LogP contribution in [0.3, 0.4) is 0 Å². The summed E-state index contributed by atoms with van der Waals surface area (Å²) in [5, 5.41) is 10.7. The summed E-state index contributed by atoms with van der Waals surface area (Å²) >= 11 is 0. The summed E-state index contributed by atoms with van der Waals surface area (Å²) in [5.41, 5.74) is 2.27. The molecule has 0 saturated carbocycles. The van der Waals surface area contributed by atoms with Gasteiger partial charge in [0.15, 0.2) is 0 Å². The minimum Gasteiger partial charge on any atom is -0.333 e. The monoisotopic (exact) mass is 261 g/mol. The molecule has 0 fully saturated rings. The molecule has 0 radical (unpaired) electrons. The second-order valence-electron chi connectivity index (χ2n) is 4.82. The van der Waals surface area contributed by atoms with Crippen LogP contribution in [0.1, 0.15) is 49.8 Å². The number of rotatable bonds is 7. The molecular weight excluding hydrogens is 238 g/mol. The van der Waals surface area contributed by atoms with Crippen LogP contribution in [0.2, 0.25) is 0 Å². The summed E-state index contributed by atoms with van der Waals surface area (Å²) in [6.45, 7) is 8.37. The number of hydrogen-bond acceptors (Lipinski definition) is 3. The van der Waals surface area contributed by atoms with Gasteiger partial charge >= 0.3 is 0 Å². The Morgan fingerprint density at radius 2 is 2.21 bits per heavy atom. The summed E-state index contributed by atoms with van der Waals surface area (Å²) in [5.74, 6) is 1.07. The van der Waals surface area contributed by atoms with Crippen LogP contribution in [-0.4, -0.2) is 26.3 Å². The van der Waals surface area contributed by atoms with E-state index in [1.807, 2.05) is 12.4 Å². The van der Waals surface area contributed by atoms with E-state index in [9.17, 15) is 0 Å². The molecule has 0 aliphatic carbocycles. The fourth-order valence-corrected chi connectivity index (χ4v) is 2.29. The quantitative estimate of drug-likeness (QED) is 0.804. The average Bonchev–Trinajstić information content (AvgIpc) is 3.01. The molecule has 0 spiro atoms. The van der Waals surface area contributed by atoms with Crippen LogP contribution in [-0.2, 0) is 6.54 Å². The van der Waals surface area contributed by atoms with E-state index >= 15 is 0 Å². The van der Waals surface area contributed by atoms with Crippen LogP contribution in [0.25, 0.3) is 0 Å². The lowest BCUT2D eigenvalue weighted by Crippen LogP contribution is -2.26. The van der Waals surface area contributed by atoms with Gasteiger partial charge in [0.25, 0.3) is 0 Å². The average molecular weight is 261 g/mol. The number of nitrogens with one attached hydrogen (secondary N) is 2. The van der Waals surface area contributed by atoms with Crippen molar-refractivity contribution in [2.45, 2.75) is 46.2 Å². The second-order valence-corrected chi connectivity index (χ2v) is 4.82. The Morgan fingerprint density at radius 1 is 1.37 bits per heavy atom. The number of aromatic nitrogens is 4. The van der Waals surface area contributed by atoms with E-state index in [2.05, 4.69) is 52.0 Å². The van der Waals surface area contributed by atoms with Gasteiger partial charge in [0, 0.05) is 30.2 Å². The van der Waals surface area contributed by atoms with Gasteiger partial charge in [-0.1, -0.05) is 13.8 Å². The molecular formula is C14H23N5. The lowest BCUT2D eigenvalue weighted by molar-refractivity contribution is 0.528. The Hall–Kier alpha value is -1.62. The third kappa shape index (κ3) is 3.04. The smallest absolute Gasteiger partial charge is 0.130 e. The maximum Gasteiger partial charge on any atom is 0.130 e. The van der Waals surface area contributed by atoms with Gasteiger partial charge < -0.3 is 9.88 Å². The molecule has 19 heavy (non-hydrogen) atoms.